The first-order valence-corrected chi connectivity index (χ1v) is 3.62. The van der Waals surface area contributed by atoms with E-state index >= 15 is 0 Å². The zero-order chi connectivity index (χ0) is 10.6. The van der Waals surface area contributed by atoms with Gasteiger partial charge in [-0.15, -0.1) is 0 Å². The number of alkyl halides is 3. The first-order chi connectivity index (χ1) is 6.51. The Morgan fingerprint density at radius 1 is 1.43 bits per heavy atom. The number of hydrogen-bond donors (Lipinski definition) is 0. The summed E-state index contributed by atoms with van der Waals surface area (Å²) in [7, 11) is 0. The number of hydrogen-bond acceptors (Lipinski definition) is 2. The Kier molecular flexibility index (Phi) is 2.97. The van der Waals surface area contributed by atoms with Crippen LogP contribution in [0.25, 0.3) is 0 Å². The molecule has 2 nitrogen and oxygen atoms in total. The van der Waals surface area contributed by atoms with Crippen molar-refractivity contribution in [2.24, 2.45) is 0 Å². The molecule has 0 atom stereocenters. The lowest BCUT2D eigenvalue weighted by Crippen LogP contribution is -2.19. The van der Waals surface area contributed by atoms with E-state index in [-0.39, 0.29) is 5.75 Å². The fraction of sp³-hybridized carbons (Fsp3) is 0.222. The average molecular weight is 200 g/mol. The smallest absolute Gasteiger partial charge is 0.422 e. The summed E-state index contributed by atoms with van der Waals surface area (Å²) in [5, 5.41) is 8.40. The van der Waals surface area contributed by atoms with E-state index in [1.807, 2.05) is 6.07 Å². The van der Waals surface area contributed by atoms with Crippen LogP contribution < -0.4 is 4.74 Å². The molecule has 1 aromatic carbocycles. The summed E-state index contributed by atoms with van der Waals surface area (Å²) in [6, 6.07) is 8.13. The van der Waals surface area contributed by atoms with Gasteiger partial charge >= 0.3 is 6.18 Å². The van der Waals surface area contributed by atoms with Crippen LogP contribution in [0.2, 0.25) is 0 Å². The highest BCUT2D eigenvalue weighted by molar-refractivity contribution is 5.33. The van der Waals surface area contributed by atoms with Crippen molar-refractivity contribution in [3.63, 3.8) is 0 Å². The van der Waals surface area contributed by atoms with Crippen molar-refractivity contribution < 1.29 is 17.9 Å². The van der Waals surface area contributed by atoms with Crippen molar-refractivity contribution in [3.8, 4) is 11.8 Å². The average Bonchev–Trinajstić information content (AvgIpc) is 2.14. The van der Waals surface area contributed by atoms with E-state index in [0.717, 1.165) is 0 Å². The molecule has 73 valence electrons. The minimum absolute atomic E-state index is 0.0266. The van der Waals surface area contributed by atoms with Gasteiger partial charge in [-0.05, 0) is 18.2 Å². The molecule has 1 aromatic rings. The predicted molar refractivity (Wildman–Crippen MR) is 41.5 cm³/mol. The Morgan fingerprint density at radius 2 is 2.14 bits per heavy atom. The van der Waals surface area contributed by atoms with Crippen LogP contribution in [0.1, 0.15) is 5.56 Å². The van der Waals surface area contributed by atoms with Gasteiger partial charge in [-0.2, -0.15) is 18.4 Å². The van der Waals surface area contributed by atoms with E-state index in [1.54, 1.807) is 0 Å². The predicted octanol–water partition coefficient (Wildman–Crippen LogP) is 2.30. The fourth-order valence-electron chi connectivity index (χ4n) is 0.729. The van der Waals surface area contributed by atoms with Gasteiger partial charge in [0.2, 0.25) is 0 Å². The highest BCUT2D eigenvalue weighted by atomic mass is 19.4. The minimum Gasteiger partial charge on any atom is -0.483 e. The summed E-state index contributed by atoms with van der Waals surface area (Å²) < 4.78 is 39.5. The number of ether oxygens (including phenoxy) is 1. The van der Waals surface area contributed by atoms with E-state index in [0.29, 0.717) is 5.56 Å². The lowest BCUT2D eigenvalue weighted by Gasteiger charge is -2.08. The lowest BCUT2D eigenvalue weighted by molar-refractivity contribution is -0.153. The van der Waals surface area contributed by atoms with Crippen molar-refractivity contribution in [1.29, 1.82) is 5.26 Å². The van der Waals surface area contributed by atoms with Crippen LogP contribution in [-0.4, -0.2) is 12.8 Å². The third-order valence-corrected chi connectivity index (χ3v) is 1.30. The fourth-order valence-corrected chi connectivity index (χ4v) is 0.729. The van der Waals surface area contributed by atoms with Crippen molar-refractivity contribution in [2.75, 3.05) is 6.61 Å². The van der Waals surface area contributed by atoms with Crippen LogP contribution in [0, 0.1) is 17.4 Å². The normalized spacial score (nSPS) is 10.7. The molecule has 14 heavy (non-hydrogen) atoms. The minimum atomic E-state index is -4.36. The van der Waals surface area contributed by atoms with Crippen molar-refractivity contribution >= 4 is 0 Å². The second kappa shape index (κ2) is 4.01. The molecule has 0 saturated heterocycles. The molecular weight excluding hydrogens is 195 g/mol. The Hall–Kier alpha value is -1.70. The Morgan fingerprint density at radius 3 is 2.57 bits per heavy atom. The van der Waals surface area contributed by atoms with Crippen molar-refractivity contribution in [3.05, 3.63) is 29.8 Å². The van der Waals surface area contributed by atoms with Crippen LogP contribution in [0.15, 0.2) is 18.2 Å². The van der Waals surface area contributed by atoms with E-state index in [9.17, 15) is 13.2 Å². The van der Waals surface area contributed by atoms with Crippen molar-refractivity contribution in [1.82, 2.24) is 0 Å². The van der Waals surface area contributed by atoms with Gasteiger partial charge in [-0.25, -0.2) is 0 Å². The first kappa shape index (κ1) is 10.4. The molecule has 0 aliphatic carbocycles. The number of nitriles is 1. The summed E-state index contributed by atoms with van der Waals surface area (Å²) in [6.07, 6.45) is -4.36. The zero-order valence-electron chi connectivity index (χ0n) is 6.93. The highest BCUT2D eigenvalue weighted by Crippen LogP contribution is 2.18. The number of nitrogens with zero attached hydrogens (tertiary/aromatic N) is 1. The molecule has 5 heteroatoms. The van der Waals surface area contributed by atoms with E-state index in [2.05, 4.69) is 10.8 Å². The summed E-state index contributed by atoms with van der Waals surface area (Å²) in [5.74, 6) is -0.0266. The maximum absolute atomic E-state index is 11.7. The maximum atomic E-state index is 11.7. The molecule has 0 aliphatic heterocycles. The Bertz CT molecular complexity index is 337. The van der Waals surface area contributed by atoms with Gasteiger partial charge in [0.1, 0.15) is 5.75 Å². The molecular formula is C9H5F3NO. The molecule has 0 fully saturated rings. The van der Waals surface area contributed by atoms with Gasteiger partial charge in [0.05, 0.1) is 11.6 Å². The molecule has 0 spiro atoms. The van der Waals surface area contributed by atoms with Crippen LogP contribution in [0.5, 0.6) is 5.75 Å². The van der Waals surface area contributed by atoms with Gasteiger partial charge < -0.3 is 4.74 Å². The van der Waals surface area contributed by atoms with Gasteiger partial charge in [0.25, 0.3) is 0 Å². The topological polar surface area (TPSA) is 33.0 Å². The molecule has 0 N–H and O–H groups in total. The quantitative estimate of drug-likeness (QED) is 0.733. The summed E-state index contributed by atoms with van der Waals surface area (Å²) in [6.45, 7) is -1.35. The van der Waals surface area contributed by atoms with Gasteiger partial charge in [0.15, 0.2) is 6.61 Å². The maximum Gasteiger partial charge on any atom is 0.422 e. The van der Waals surface area contributed by atoms with Crippen LogP contribution in [0.4, 0.5) is 13.2 Å². The second-order valence-electron chi connectivity index (χ2n) is 2.46. The zero-order valence-corrected chi connectivity index (χ0v) is 6.93. The van der Waals surface area contributed by atoms with Crippen molar-refractivity contribution in [2.45, 2.75) is 6.18 Å². The molecule has 0 amide bonds. The highest BCUT2D eigenvalue weighted by Gasteiger charge is 2.28. The first-order valence-electron chi connectivity index (χ1n) is 3.62. The van der Waals surface area contributed by atoms with Crippen LogP contribution in [-0.2, 0) is 0 Å². The number of halogens is 3. The number of rotatable bonds is 2. The van der Waals surface area contributed by atoms with E-state index in [1.165, 1.54) is 18.2 Å². The summed E-state index contributed by atoms with van der Waals surface area (Å²) >= 11 is 0. The van der Waals surface area contributed by atoms with E-state index < -0.39 is 12.8 Å². The summed E-state index contributed by atoms with van der Waals surface area (Å²) in [4.78, 5) is 0. The Balaban J connectivity index is 2.58. The molecule has 0 aromatic heterocycles. The molecule has 0 saturated carbocycles. The van der Waals surface area contributed by atoms with Crippen LogP contribution >= 0.6 is 0 Å². The molecule has 1 radical (unpaired) electrons. The molecule has 1 rings (SSSR count). The van der Waals surface area contributed by atoms with Gasteiger partial charge in [-0.1, -0.05) is 0 Å². The van der Waals surface area contributed by atoms with Gasteiger partial charge in [0, 0.05) is 6.07 Å². The summed E-state index contributed by atoms with van der Waals surface area (Å²) in [5.41, 5.74) is 0.323. The second-order valence-corrected chi connectivity index (χ2v) is 2.46. The number of benzene rings is 1. The molecule has 0 heterocycles. The van der Waals surface area contributed by atoms with E-state index in [4.69, 9.17) is 5.26 Å². The van der Waals surface area contributed by atoms with Gasteiger partial charge in [-0.3, -0.25) is 0 Å². The monoisotopic (exact) mass is 200 g/mol. The third kappa shape index (κ3) is 3.35. The SMILES string of the molecule is N#Cc1c[c]c(OCC(F)(F)F)cc1. The third-order valence-electron chi connectivity index (χ3n) is 1.30. The largest absolute Gasteiger partial charge is 0.483 e. The standard InChI is InChI=1S/C9H5F3NO/c10-9(11,12)6-14-8-3-1-7(5-13)2-4-8/h1-3H,6H2. The van der Waals surface area contributed by atoms with Crippen LogP contribution in [0.3, 0.4) is 0 Å². The molecule has 0 aliphatic rings. The molecule has 0 unspecified atom stereocenters. The Labute approximate surface area is 78.5 Å². The lowest BCUT2D eigenvalue weighted by atomic mass is 10.2. The molecule has 0 bridgehead atoms.